The van der Waals surface area contributed by atoms with Gasteiger partial charge in [-0.25, -0.2) is 0 Å². The van der Waals surface area contributed by atoms with Crippen LogP contribution in [0.4, 0.5) is 0 Å². The SMILES string of the molecule is C=C(N)CC(C)(C)CCN. The Kier molecular flexibility index (Phi) is 3.43. The molecule has 4 N–H and O–H groups in total. The molecule has 0 bridgehead atoms. The van der Waals surface area contributed by atoms with Crippen LogP contribution in [0.2, 0.25) is 0 Å². The standard InChI is InChI=1S/C8H18N2/c1-7(10)6-8(2,3)4-5-9/h1,4-6,9-10H2,2-3H3. The molecule has 0 rings (SSSR count). The zero-order valence-corrected chi connectivity index (χ0v) is 6.98. The molecule has 2 heteroatoms. The van der Waals surface area contributed by atoms with Gasteiger partial charge in [0.25, 0.3) is 0 Å². The van der Waals surface area contributed by atoms with Crippen LogP contribution in [0.25, 0.3) is 0 Å². The van der Waals surface area contributed by atoms with Crippen molar-refractivity contribution in [2.75, 3.05) is 6.54 Å². The van der Waals surface area contributed by atoms with Crippen LogP contribution in [-0.2, 0) is 0 Å². The maximum atomic E-state index is 5.47. The molecule has 0 aliphatic rings. The van der Waals surface area contributed by atoms with Crippen molar-refractivity contribution in [3.63, 3.8) is 0 Å². The van der Waals surface area contributed by atoms with Gasteiger partial charge in [-0.1, -0.05) is 20.4 Å². The first-order chi connectivity index (χ1) is 4.48. The van der Waals surface area contributed by atoms with Crippen molar-refractivity contribution in [1.29, 1.82) is 0 Å². The highest BCUT2D eigenvalue weighted by molar-refractivity contribution is 4.92. The third-order valence-electron chi connectivity index (χ3n) is 1.53. The Morgan fingerprint density at radius 2 is 2.00 bits per heavy atom. The van der Waals surface area contributed by atoms with Gasteiger partial charge in [0, 0.05) is 5.70 Å². The van der Waals surface area contributed by atoms with Gasteiger partial charge in [0.2, 0.25) is 0 Å². The maximum absolute atomic E-state index is 5.47. The second kappa shape index (κ2) is 3.62. The Bertz CT molecular complexity index is 116. The molecule has 0 saturated carbocycles. The molecule has 0 unspecified atom stereocenters. The Hall–Kier alpha value is -0.500. The molecule has 0 aromatic rings. The first-order valence-electron chi connectivity index (χ1n) is 3.61. The molecule has 0 aliphatic heterocycles. The first kappa shape index (κ1) is 9.50. The molecule has 0 aliphatic carbocycles. The van der Waals surface area contributed by atoms with E-state index in [0.717, 1.165) is 25.1 Å². The van der Waals surface area contributed by atoms with Gasteiger partial charge in [0.05, 0.1) is 0 Å². The van der Waals surface area contributed by atoms with Crippen molar-refractivity contribution < 1.29 is 0 Å². The van der Waals surface area contributed by atoms with Crippen molar-refractivity contribution in [3.05, 3.63) is 12.3 Å². The van der Waals surface area contributed by atoms with E-state index in [1.807, 2.05) is 0 Å². The lowest BCUT2D eigenvalue weighted by molar-refractivity contribution is 0.337. The summed E-state index contributed by atoms with van der Waals surface area (Å²) in [7, 11) is 0. The smallest absolute Gasteiger partial charge is 0.00128 e. The summed E-state index contributed by atoms with van der Waals surface area (Å²) in [4.78, 5) is 0. The summed E-state index contributed by atoms with van der Waals surface area (Å²) in [5.41, 5.74) is 11.9. The second-order valence-corrected chi connectivity index (χ2v) is 3.54. The third-order valence-corrected chi connectivity index (χ3v) is 1.53. The van der Waals surface area contributed by atoms with Gasteiger partial charge < -0.3 is 11.5 Å². The molecular weight excluding hydrogens is 124 g/mol. The van der Waals surface area contributed by atoms with Crippen molar-refractivity contribution in [2.24, 2.45) is 16.9 Å². The molecular formula is C8H18N2. The number of rotatable bonds is 4. The number of nitrogens with two attached hydrogens (primary N) is 2. The van der Waals surface area contributed by atoms with Crippen molar-refractivity contribution >= 4 is 0 Å². The van der Waals surface area contributed by atoms with Gasteiger partial charge in [-0.3, -0.25) is 0 Å². The molecule has 0 fully saturated rings. The molecule has 10 heavy (non-hydrogen) atoms. The van der Waals surface area contributed by atoms with E-state index in [2.05, 4.69) is 20.4 Å². The van der Waals surface area contributed by atoms with Crippen molar-refractivity contribution in [2.45, 2.75) is 26.7 Å². The minimum atomic E-state index is 0.223. The maximum Gasteiger partial charge on any atom is 0.00128 e. The predicted octanol–water partition coefficient (Wildman–Crippen LogP) is 1.22. The summed E-state index contributed by atoms with van der Waals surface area (Å²) in [5.74, 6) is 0. The van der Waals surface area contributed by atoms with Gasteiger partial charge >= 0.3 is 0 Å². The van der Waals surface area contributed by atoms with Crippen LogP contribution < -0.4 is 11.5 Å². The topological polar surface area (TPSA) is 52.0 Å². The molecule has 0 radical (unpaired) electrons. The average Bonchev–Trinajstić information content (AvgIpc) is 1.59. The van der Waals surface area contributed by atoms with Crippen LogP contribution in [0.1, 0.15) is 26.7 Å². The van der Waals surface area contributed by atoms with Crippen LogP contribution in [0.15, 0.2) is 12.3 Å². The van der Waals surface area contributed by atoms with Gasteiger partial charge in [0.1, 0.15) is 0 Å². The molecule has 0 heterocycles. The average molecular weight is 142 g/mol. The van der Waals surface area contributed by atoms with E-state index >= 15 is 0 Å². The van der Waals surface area contributed by atoms with Crippen LogP contribution in [0.3, 0.4) is 0 Å². The van der Waals surface area contributed by atoms with Crippen LogP contribution >= 0.6 is 0 Å². The number of hydrogen-bond donors (Lipinski definition) is 2. The summed E-state index contributed by atoms with van der Waals surface area (Å²) < 4.78 is 0. The van der Waals surface area contributed by atoms with Crippen molar-refractivity contribution in [1.82, 2.24) is 0 Å². The largest absolute Gasteiger partial charge is 0.402 e. The highest BCUT2D eigenvalue weighted by atomic mass is 14.6. The lowest BCUT2D eigenvalue weighted by Gasteiger charge is -2.23. The van der Waals surface area contributed by atoms with Crippen LogP contribution in [0.5, 0.6) is 0 Å². The highest BCUT2D eigenvalue weighted by Gasteiger charge is 2.16. The Balaban J connectivity index is 3.74. The van der Waals surface area contributed by atoms with Gasteiger partial charge in [-0.15, -0.1) is 0 Å². The first-order valence-corrected chi connectivity index (χ1v) is 3.61. The van der Waals surface area contributed by atoms with E-state index in [1.54, 1.807) is 0 Å². The Morgan fingerprint density at radius 1 is 1.50 bits per heavy atom. The summed E-state index contributed by atoms with van der Waals surface area (Å²) >= 11 is 0. The summed E-state index contributed by atoms with van der Waals surface area (Å²) in [6.45, 7) is 8.68. The predicted molar refractivity (Wildman–Crippen MR) is 45.4 cm³/mol. The molecule has 2 nitrogen and oxygen atoms in total. The van der Waals surface area contributed by atoms with Gasteiger partial charge in [-0.2, -0.15) is 0 Å². The minimum Gasteiger partial charge on any atom is -0.402 e. The quantitative estimate of drug-likeness (QED) is 0.620. The monoisotopic (exact) mass is 142 g/mol. The highest BCUT2D eigenvalue weighted by Crippen LogP contribution is 2.25. The number of hydrogen-bond acceptors (Lipinski definition) is 2. The lowest BCUT2D eigenvalue weighted by atomic mass is 9.85. The molecule has 0 aromatic heterocycles. The summed E-state index contributed by atoms with van der Waals surface area (Å²) in [6, 6.07) is 0. The van der Waals surface area contributed by atoms with Crippen LogP contribution in [-0.4, -0.2) is 6.54 Å². The summed E-state index contributed by atoms with van der Waals surface area (Å²) in [5, 5.41) is 0. The molecule has 0 saturated heterocycles. The Morgan fingerprint density at radius 3 is 2.30 bits per heavy atom. The zero-order chi connectivity index (χ0) is 8.20. The van der Waals surface area contributed by atoms with E-state index in [9.17, 15) is 0 Å². The van der Waals surface area contributed by atoms with Crippen LogP contribution in [0, 0.1) is 5.41 Å². The normalized spacial score (nSPS) is 11.5. The zero-order valence-electron chi connectivity index (χ0n) is 6.98. The molecule has 0 amide bonds. The van der Waals surface area contributed by atoms with Gasteiger partial charge in [0.15, 0.2) is 0 Å². The Labute approximate surface area is 63.3 Å². The second-order valence-electron chi connectivity index (χ2n) is 3.54. The molecule has 0 aromatic carbocycles. The minimum absolute atomic E-state index is 0.223. The fourth-order valence-corrected chi connectivity index (χ4v) is 1.09. The van der Waals surface area contributed by atoms with E-state index in [1.165, 1.54) is 0 Å². The summed E-state index contributed by atoms with van der Waals surface area (Å²) in [6.07, 6.45) is 1.87. The van der Waals surface area contributed by atoms with Gasteiger partial charge in [-0.05, 0) is 24.8 Å². The fraction of sp³-hybridized carbons (Fsp3) is 0.750. The third kappa shape index (κ3) is 4.39. The van der Waals surface area contributed by atoms with E-state index in [4.69, 9.17) is 11.5 Å². The lowest BCUT2D eigenvalue weighted by Crippen LogP contribution is -2.19. The molecule has 0 spiro atoms. The number of allylic oxidation sites excluding steroid dienone is 1. The van der Waals surface area contributed by atoms with Crippen molar-refractivity contribution in [3.8, 4) is 0 Å². The van der Waals surface area contributed by atoms with E-state index in [0.29, 0.717) is 0 Å². The molecule has 60 valence electrons. The van der Waals surface area contributed by atoms with E-state index < -0.39 is 0 Å². The fourth-order valence-electron chi connectivity index (χ4n) is 1.09. The van der Waals surface area contributed by atoms with E-state index in [-0.39, 0.29) is 5.41 Å². The molecule has 0 atom stereocenters.